The molecule has 1 aromatic heterocycles. The van der Waals surface area contributed by atoms with Gasteiger partial charge in [-0.1, -0.05) is 5.16 Å². The van der Waals surface area contributed by atoms with Crippen molar-refractivity contribution in [2.45, 2.75) is 24.8 Å². The van der Waals surface area contributed by atoms with Gasteiger partial charge in [-0.05, 0) is 12.8 Å². The standard InChI is InChI=1S/C9H13N3O2/c1-2-6(1)9-11-8(12-14-9)7-5-13-4-3-10-7/h6-7,10H,1-5H2. The normalized spacial score (nSPS) is 27.9. The maximum atomic E-state index is 5.34. The zero-order chi connectivity index (χ0) is 9.38. The first-order chi connectivity index (χ1) is 6.93. The maximum absolute atomic E-state index is 5.34. The summed E-state index contributed by atoms with van der Waals surface area (Å²) in [5, 5.41) is 7.27. The molecule has 14 heavy (non-hydrogen) atoms. The Balaban J connectivity index is 1.74. The molecule has 0 bridgehead atoms. The van der Waals surface area contributed by atoms with E-state index >= 15 is 0 Å². The Morgan fingerprint density at radius 1 is 1.36 bits per heavy atom. The highest BCUT2D eigenvalue weighted by Crippen LogP contribution is 2.39. The average Bonchev–Trinajstić information content (AvgIpc) is 2.98. The van der Waals surface area contributed by atoms with Crippen LogP contribution in [0.4, 0.5) is 0 Å². The molecule has 2 heterocycles. The predicted octanol–water partition coefficient (Wildman–Crippen LogP) is 0.608. The second kappa shape index (κ2) is 3.33. The maximum Gasteiger partial charge on any atom is 0.229 e. The SMILES string of the molecule is C1COCC(c2noc(C3CC3)n2)N1. The molecule has 5 nitrogen and oxygen atoms in total. The van der Waals surface area contributed by atoms with Crippen LogP contribution in [-0.2, 0) is 4.74 Å². The summed E-state index contributed by atoms with van der Waals surface area (Å²) < 4.78 is 10.5. The monoisotopic (exact) mass is 195 g/mol. The number of ether oxygens (including phenoxy) is 1. The molecule has 2 aliphatic rings. The van der Waals surface area contributed by atoms with E-state index in [1.807, 2.05) is 0 Å². The molecule has 1 atom stereocenters. The number of rotatable bonds is 2. The Bertz CT molecular complexity index is 316. The summed E-state index contributed by atoms with van der Waals surface area (Å²) in [6.45, 7) is 2.27. The molecule has 3 rings (SSSR count). The average molecular weight is 195 g/mol. The molecule has 1 aliphatic heterocycles. The molecule has 2 fully saturated rings. The molecule has 1 N–H and O–H groups in total. The van der Waals surface area contributed by atoms with E-state index in [0.29, 0.717) is 12.5 Å². The third-order valence-electron chi connectivity index (χ3n) is 2.62. The van der Waals surface area contributed by atoms with Crippen molar-refractivity contribution in [3.63, 3.8) is 0 Å². The largest absolute Gasteiger partial charge is 0.378 e. The van der Waals surface area contributed by atoms with Crippen molar-refractivity contribution in [1.82, 2.24) is 15.5 Å². The fourth-order valence-electron chi connectivity index (χ4n) is 1.62. The van der Waals surface area contributed by atoms with Gasteiger partial charge < -0.3 is 14.6 Å². The van der Waals surface area contributed by atoms with Crippen LogP contribution in [0.5, 0.6) is 0 Å². The van der Waals surface area contributed by atoms with Crippen LogP contribution in [0.2, 0.25) is 0 Å². The van der Waals surface area contributed by atoms with Crippen molar-refractivity contribution in [2.75, 3.05) is 19.8 Å². The van der Waals surface area contributed by atoms with E-state index in [2.05, 4.69) is 15.5 Å². The molecule has 1 unspecified atom stereocenters. The summed E-state index contributed by atoms with van der Waals surface area (Å²) in [6, 6.07) is 0.111. The number of hydrogen-bond donors (Lipinski definition) is 1. The summed E-state index contributed by atoms with van der Waals surface area (Å²) in [7, 11) is 0. The Hall–Kier alpha value is -0.940. The number of morpholine rings is 1. The molecular weight excluding hydrogens is 182 g/mol. The van der Waals surface area contributed by atoms with Crippen molar-refractivity contribution in [3.8, 4) is 0 Å². The van der Waals surface area contributed by atoms with E-state index in [4.69, 9.17) is 9.26 Å². The van der Waals surface area contributed by atoms with Crippen LogP contribution in [0.25, 0.3) is 0 Å². The minimum Gasteiger partial charge on any atom is -0.378 e. The first-order valence-electron chi connectivity index (χ1n) is 5.08. The van der Waals surface area contributed by atoms with E-state index in [-0.39, 0.29) is 6.04 Å². The van der Waals surface area contributed by atoms with Gasteiger partial charge in [0.15, 0.2) is 5.82 Å². The highest BCUT2D eigenvalue weighted by atomic mass is 16.5. The second-order valence-corrected chi connectivity index (χ2v) is 3.85. The fraction of sp³-hybridized carbons (Fsp3) is 0.778. The van der Waals surface area contributed by atoms with Crippen LogP contribution in [0.3, 0.4) is 0 Å². The molecule has 1 aliphatic carbocycles. The lowest BCUT2D eigenvalue weighted by molar-refractivity contribution is 0.0734. The first kappa shape index (κ1) is 8.38. The molecule has 76 valence electrons. The number of nitrogens with one attached hydrogen (secondary N) is 1. The van der Waals surface area contributed by atoms with E-state index in [1.54, 1.807) is 0 Å². The van der Waals surface area contributed by atoms with Gasteiger partial charge >= 0.3 is 0 Å². The van der Waals surface area contributed by atoms with Gasteiger partial charge in [0.2, 0.25) is 5.89 Å². The molecule has 5 heteroatoms. The van der Waals surface area contributed by atoms with E-state index in [0.717, 1.165) is 24.9 Å². The van der Waals surface area contributed by atoms with Gasteiger partial charge in [0, 0.05) is 12.5 Å². The topological polar surface area (TPSA) is 60.2 Å². The molecule has 1 saturated carbocycles. The van der Waals surface area contributed by atoms with Crippen LogP contribution in [-0.4, -0.2) is 29.9 Å². The lowest BCUT2D eigenvalue weighted by Gasteiger charge is -2.20. The van der Waals surface area contributed by atoms with Gasteiger partial charge in [-0.2, -0.15) is 4.98 Å². The summed E-state index contributed by atoms with van der Waals surface area (Å²) in [5.74, 6) is 2.07. The van der Waals surface area contributed by atoms with Crippen molar-refractivity contribution >= 4 is 0 Å². The third kappa shape index (κ3) is 1.53. The molecule has 1 saturated heterocycles. The molecule has 0 amide bonds. The van der Waals surface area contributed by atoms with Crippen LogP contribution in [0.1, 0.15) is 36.5 Å². The van der Waals surface area contributed by atoms with Gasteiger partial charge in [-0.25, -0.2) is 0 Å². The fourth-order valence-corrected chi connectivity index (χ4v) is 1.62. The lowest BCUT2D eigenvalue weighted by atomic mass is 10.2. The van der Waals surface area contributed by atoms with Gasteiger partial charge in [0.1, 0.15) is 0 Å². The highest BCUT2D eigenvalue weighted by Gasteiger charge is 2.31. The first-order valence-corrected chi connectivity index (χ1v) is 5.08. The summed E-state index contributed by atoms with van der Waals surface area (Å²) in [6.07, 6.45) is 2.38. The van der Waals surface area contributed by atoms with Gasteiger partial charge in [-0.3, -0.25) is 0 Å². The smallest absolute Gasteiger partial charge is 0.229 e. The zero-order valence-corrected chi connectivity index (χ0v) is 7.90. The Morgan fingerprint density at radius 3 is 3.00 bits per heavy atom. The van der Waals surface area contributed by atoms with Gasteiger partial charge in [-0.15, -0.1) is 0 Å². The summed E-state index contributed by atoms with van der Waals surface area (Å²) in [4.78, 5) is 4.38. The van der Waals surface area contributed by atoms with Gasteiger partial charge in [0.05, 0.1) is 19.3 Å². The van der Waals surface area contributed by atoms with Crippen LogP contribution >= 0.6 is 0 Å². The second-order valence-electron chi connectivity index (χ2n) is 3.85. The highest BCUT2D eigenvalue weighted by molar-refractivity contribution is 5.04. The zero-order valence-electron chi connectivity index (χ0n) is 7.90. The minimum absolute atomic E-state index is 0.111. The number of hydrogen-bond acceptors (Lipinski definition) is 5. The number of nitrogens with zero attached hydrogens (tertiary/aromatic N) is 2. The molecule has 0 spiro atoms. The Labute approximate surface area is 81.8 Å². The minimum atomic E-state index is 0.111. The predicted molar refractivity (Wildman–Crippen MR) is 47.8 cm³/mol. The van der Waals surface area contributed by atoms with Crippen LogP contribution < -0.4 is 5.32 Å². The Morgan fingerprint density at radius 2 is 2.29 bits per heavy atom. The van der Waals surface area contributed by atoms with E-state index < -0.39 is 0 Å². The van der Waals surface area contributed by atoms with Crippen molar-refractivity contribution in [3.05, 3.63) is 11.7 Å². The lowest BCUT2D eigenvalue weighted by Crippen LogP contribution is -2.35. The van der Waals surface area contributed by atoms with E-state index in [1.165, 1.54) is 12.8 Å². The quantitative estimate of drug-likeness (QED) is 0.749. The molecule has 1 aromatic rings. The van der Waals surface area contributed by atoms with Crippen molar-refractivity contribution in [2.24, 2.45) is 0 Å². The summed E-state index contributed by atoms with van der Waals surface area (Å²) in [5.41, 5.74) is 0. The number of aromatic nitrogens is 2. The molecule has 0 radical (unpaired) electrons. The van der Waals surface area contributed by atoms with Gasteiger partial charge in [0.25, 0.3) is 0 Å². The van der Waals surface area contributed by atoms with E-state index in [9.17, 15) is 0 Å². The Kier molecular flexibility index (Phi) is 1.99. The molecular formula is C9H13N3O2. The third-order valence-corrected chi connectivity index (χ3v) is 2.62. The van der Waals surface area contributed by atoms with Crippen molar-refractivity contribution in [1.29, 1.82) is 0 Å². The molecule has 0 aromatic carbocycles. The van der Waals surface area contributed by atoms with Crippen molar-refractivity contribution < 1.29 is 9.26 Å². The summed E-state index contributed by atoms with van der Waals surface area (Å²) >= 11 is 0. The van der Waals surface area contributed by atoms with Crippen LogP contribution in [0.15, 0.2) is 4.52 Å². The van der Waals surface area contributed by atoms with Crippen LogP contribution in [0, 0.1) is 0 Å².